The van der Waals surface area contributed by atoms with Gasteiger partial charge >= 0.3 is 0 Å². The van der Waals surface area contributed by atoms with Gasteiger partial charge in [-0.25, -0.2) is 4.98 Å². The number of nitrogens with zero attached hydrogens (tertiary/aromatic N) is 3. The number of aromatic nitrogens is 4. The molecule has 1 atom stereocenters. The Balaban J connectivity index is 2.13. The molecule has 0 aliphatic heterocycles. The Kier molecular flexibility index (Phi) is 2.49. The smallest absolute Gasteiger partial charge is 0.146 e. The van der Waals surface area contributed by atoms with E-state index in [9.17, 15) is 0 Å². The first-order valence-corrected chi connectivity index (χ1v) is 4.58. The zero-order chi connectivity index (χ0) is 10.7. The van der Waals surface area contributed by atoms with Crippen LogP contribution in [0.2, 0.25) is 0 Å². The highest BCUT2D eigenvalue weighted by atomic mass is 15.2. The van der Waals surface area contributed by atoms with Crippen LogP contribution in [-0.4, -0.2) is 20.2 Å². The summed E-state index contributed by atoms with van der Waals surface area (Å²) < 4.78 is 0. The fourth-order valence-corrected chi connectivity index (χ4v) is 1.26. The fourth-order valence-electron chi connectivity index (χ4n) is 1.26. The van der Waals surface area contributed by atoms with Crippen LogP contribution in [0.3, 0.4) is 0 Å². The minimum Gasteiger partial charge on any atom is -0.396 e. The SMILES string of the molecule is CC(Nc1ccncc1N)c1ncn[nH]1. The van der Waals surface area contributed by atoms with Crippen molar-refractivity contribution in [1.29, 1.82) is 0 Å². The van der Waals surface area contributed by atoms with Crippen molar-refractivity contribution in [2.45, 2.75) is 13.0 Å². The predicted octanol–water partition coefficient (Wildman–Crippen LogP) is 0.955. The summed E-state index contributed by atoms with van der Waals surface area (Å²) in [7, 11) is 0. The molecule has 2 aromatic rings. The number of hydrogen-bond acceptors (Lipinski definition) is 5. The quantitative estimate of drug-likeness (QED) is 0.692. The average Bonchev–Trinajstić information content (AvgIpc) is 2.74. The standard InChI is InChI=1S/C9H12N6/c1-6(9-12-5-13-15-9)14-8-2-3-11-4-7(8)10/h2-6H,10H2,1H3,(H,11,14)(H,12,13,15). The molecule has 6 nitrogen and oxygen atoms in total. The summed E-state index contributed by atoms with van der Waals surface area (Å²) in [5.74, 6) is 0.770. The topological polar surface area (TPSA) is 92.5 Å². The van der Waals surface area contributed by atoms with Crippen LogP contribution in [0.4, 0.5) is 11.4 Å². The molecule has 4 N–H and O–H groups in total. The molecule has 2 heterocycles. The molecular weight excluding hydrogens is 192 g/mol. The lowest BCUT2D eigenvalue weighted by Crippen LogP contribution is -2.10. The minimum atomic E-state index is 0.0252. The van der Waals surface area contributed by atoms with Gasteiger partial charge in [0.05, 0.1) is 23.6 Å². The number of aromatic amines is 1. The molecule has 0 radical (unpaired) electrons. The molecule has 2 rings (SSSR count). The number of rotatable bonds is 3. The second-order valence-electron chi connectivity index (χ2n) is 3.20. The Morgan fingerprint density at radius 1 is 1.53 bits per heavy atom. The lowest BCUT2D eigenvalue weighted by molar-refractivity contribution is 0.796. The monoisotopic (exact) mass is 204 g/mol. The van der Waals surface area contributed by atoms with Gasteiger partial charge in [0.2, 0.25) is 0 Å². The van der Waals surface area contributed by atoms with E-state index in [2.05, 4.69) is 25.5 Å². The molecule has 1 unspecified atom stereocenters. The van der Waals surface area contributed by atoms with Gasteiger partial charge in [-0.15, -0.1) is 0 Å². The van der Waals surface area contributed by atoms with Crippen LogP contribution in [0, 0.1) is 0 Å². The van der Waals surface area contributed by atoms with Crippen LogP contribution in [-0.2, 0) is 0 Å². The molecule has 15 heavy (non-hydrogen) atoms. The third-order valence-electron chi connectivity index (χ3n) is 2.07. The highest BCUT2D eigenvalue weighted by molar-refractivity contribution is 5.64. The highest BCUT2D eigenvalue weighted by Gasteiger charge is 2.08. The minimum absolute atomic E-state index is 0.0252. The number of nitrogens with one attached hydrogen (secondary N) is 2. The Morgan fingerprint density at radius 2 is 2.40 bits per heavy atom. The van der Waals surface area contributed by atoms with Gasteiger partial charge in [0, 0.05) is 6.20 Å². The van der Waals surface area contributed by atoms with Crippen LogP contribution in [0.25, 0.3) is 0 Å². The van der Waals surface area contributed by atoms with E-state index in [1.54, 1.807) is 12.4 Å². The van der Waals surface area contributed by atoms with Gasteiger partial charge in [-0.05, 0) is 13.0 Å². The van der Waals surface area contributed by atoms with Crippen molar-refractivity contribution in [3.63, 3.8) is 0 Å². The number of pyridine rings is 1. The Hall–Kier alpha value is -2.11. The van der Waals surface area contributed by atoms with Gasteiger partial charge < -0.3 is 11.1 Å². The van der Waals surface area contributed by atoms with E-state index in [0.29, 0.717) is 5.69 Å². The second-order valence-corrected chi connectivity index (χ2v) is 3.20. The maximum absolute atomic E-state index is 5.75. The molecule has 0 fully saturated rings. The zero-order valence-electron chi connectivity index (χ0n) is 8.31. The molecule has 0 saturated heterocycles. The molecule has 0 saturated carbocycles. The highest BCUT2D eigenvalue weighted by Crippen LogP contribution is 2.20. The number of nitrogens with two attached hydrogens (primary N) is 1. The zero-order valence-corrected chi connectivity index (χ0v) is 8.31. The number of hydrogen-bond donors (Lipinski definition) is 3. The molecule has 0 spiro atoms. The van der Waals surface area contributed by atoms with Crippen LogP contribution in [0.15, 0.2) is 24.8 Å². The first kappa shape index (κ1) is 9.45. The normalized spacial score (nSPS) is 12.3. The largest absolute Gasteiger partial charge is 0.396 e. The molecule has 0 aromatic carbocycles. The number of anilines is 2. The van der Waals surface area contributed by atoms with Gasteiger partial charge in [0.25, 0.3) is 0 Å². The summed E-state index contributed by atoms with van der Waals surface area (Å²) in [6, 6.07) is 1.85. The number of H-pyrrole nitrogens is 1. The summed E-state index contributed by atoms with van der Waals surface area (Å²) in [6.45, 7) is 1.97. The van der Waals surface area contributed by atoms with Crippen molar-refractivity contribution in [3.8, 4) is 0 Å². The molecule has 0 aliphatic carbocycles. The van der Waals surface area contributed by atoms with Crippen molar-refractivity contribution < 1.29 is 0 Å². The lowest BCUT2D eigenvalue weighted by Gasteiger charge is -2.13. The summed E-state index contributed by atoms with van der Waals surface area (Å²) in [5, 5.41) is 9.80. The summed E-state index contributed by atoms with van der Waals surface area (Å²) in [6.07, 6.45) is 4.77. The van der Waals surface area contributed by atoms with E-state index in [4.69, 9.17) is 5.73 Å². The number of nitrogen functional groups attached to an aromatic ring is 1. The first-order chi connectivity index (χ1) is 7.27. The Morgan fingerprint density at radius 3 is 3.07 bits per heavy atom. The maximum atomic E-state index is 5.75. The second kappa shape index (κ2) is 3.95. The van der Waals surface area contributed by atoms with Crippen molar-refractivity contribution in [2.24, 2.45) is 0 Å². The van der Waals surface area contributed by atoms with Gasteiger partial charge in [0.15, 0.2) is 0 Å². The van der Waals surface area contributed by atoms with Crippen molar-refractivity contribution in [3.05, 3.63) is 30.6 Å². The van der Waals surface area contributed by atoms with E-state index in [0.717, 1.165) is 11.5 Å². The van der Waals surface area contributed by atoms with Crippen LogP contribution in [0.5, 0.6) is 0 Å². The molecule has 2 aromatic heterocycles. The third kappa shape index (κ3) is 2.04. The van der Waals surface area contributed by atoms with E-state index >= 15 is 0 Å². The molecule has 0 amide bonds. The predicted molar refractivity (Wildman–Crippen MR) is 57.1 cm³/mol. The van der Waals surface area contributed by atoms with Crippen LogP contribution in [0.1, 0.15) is 18.8 Å². The lowest BCUT2D eigenvalue weighted by atomic mass is 10.2. The van der Waals surface area contributed by atoms with E-state index < -0.39 is 0 Å². The third-order valence-corrected chi connectivity index (χ3v) is 2.07. The molecule has 6 heteroatoms. The van der Waals surface area contributed by atoms with Crippen molar-refractivity contribution in [2.75, 3.05) is 11.1 Å². The molecule has 78 valence electrons. The van der Waals surface area contributed by atoms with E-state index in [1.807, 2.05) is 13.0 Å². The molecule has 0 bridgehead atoms. The summed E-state index contributed by atoms with van der Waals surface area (Å²) >= 11 is 0. The van der Waals surface area contributed by atoms with Gasteiger partial charge in [-0.2, -0.15) is 5.10 Å². The fraction of sp³-hybridized carbons (Fsp3) is 0.222. The van der Waals surface area contributed by atoms with Crippen LogP contribution < -0.4 is 11.1 Å². The first-order valence-electron chi connectivity index (χ1n) is 4.58. The average molecular weight is 204 g/mol. The van der Waals surface area contributed by atoms with Gasteiger partial charge in [-0.1, -0.05) is 0 Å². The van der Waals surface area contributed by atoms with E-state index in [1.165, 1.54) is 6.33 Å². The molecular formula is C9H12N6. The Bertz CT molecular complexity index is 424. The molecule has 0 aliphatic rings. The van der Waals surface area contributed by atoms with E-state index in [-0.39, 0.29) is 6.04 Å². The van der Waals surface area contributed by atoms with Gasteiger partial charge in [0.1, 0.15) is 12.2 Å². The Labute approximate surface area is 86.9 Å². The maximum Gasteiger partial charge on any atom is 0.146 e. The van der Waals surface area contributed by atoms with Crippen molar-refractivity contribution >= 4 is 11.4 Å². The van der Waals surface area contributed by atoms with Crippen LogP contribution >= 0.6 is 0 Å². The van der Waals surface area contributed by atoms with Gasteiger partial charge in [-0.3, -0.25) is 10.1 Å². The summed E-state index contributed by atoms with van der Waals surface area (Å²) in [4.78, 5) is 7.97. The van der Waals surface area contributed by atoms with Crippen molar-refractivity contribution in [1.82, 2.24) is 20.2 Å². The summed E-state index contributed by atoms with van der Waals surface area (Å²) in [5.41, 5.74) is 7.21.